The lowest BCUT2D eigenvalue weighted by atomic mass is 10.2. The van der Waals surface area contributed by atoms with Crippen molar-refractivity contribution in [1.29, 1.82) is 0 Å². The molecule has 0 amide bonds. The van der Waals surface area contributed by atoms with E-state index in [4.69, 9.17) is 10.5 Å². The molecule has 2 rings (SSSR count). The van der Waals surface area contributed by atoms with Crippen LogP contribution >= 0.6 is 0 Å². The first-order valence-corrected chi connectivity index (χ1v) is 5.17. The van der Waals surface area contributed by atoms with Gasteiger partial charge in [0.1, 0.15) is 5.75 Å². The van der Waals surface area contributed by atoms with Crippen LogP contribution in [0.25, 0.3) is 10.9 Å². The summed E-state index contributed by atoms with van der Waals surface area (Å²) < 4.78 is 5.61. The van der Waals surface area contributed by atoms with Crippen molar-refractivity contribution in [2.45, 2.75) is 26.5 Å². The Balaban J connectivity index is 2.39. The molecule has 1 aromatic heterocycles. The number of nitrogens with one attached hydrogen (secondary N) is 1. The van der Waals surface area contributed by atoms with Gasteiger partial charge in [-0.3, -0.25) is 0 Å². The van der Waals surface area contributed by atoms with Crippen LogP contribution < -0.4 is 10.5 Å². The van der Waals surface area contributed by atoms with E-state index >= 15 is 0 Å². The number of hydrogen-bond acceptors (Lipinski definition) is 2. The summed E-state index contributed by atoms with van der Waals surface area (Å²) in [5, 5.41) is 1.17. The lowest BCUT2D eigenvalue weighted by molar-refractivity contribution is 0.242. The maximum absolute atomic E-state index is 5.63. The van der Waals surface area contributed by atoms with Crippen molar-refractivity contribution in [2.24, 2.45) is 5.73 Å². The highest BCUT2D eigenvalue weighted by Gasteiger charge is 2.04. The number of ether oxygens (including phenoxy) is 1. The largest absolute Gasteiger partial charge is 0.491 e. The molecule has 0 aliphatic rings. The van der Waals surface area contributed by atoms with Crippen molar-refractivity contribution < 1.29 is 4.74 Å². The van der Waals surface area contributed by atoms with Gasteiger partial charge in [0.25, 0.3) is 0 Å². The van der Waals surface area contributed by atoms with Crippen LogP contribution in [0, 0.1) is 0 Å². The van der Waals surface area contributed by atoms with Crippen LogP contribution in [-0.4, -0.2) is 11.1 Å². The molecule has 0 spiro atoms. The molecule has 2 aromatic rings. The van der Waals surface area contributed by atoms with Gasteiger partial charge in [0, 0.05) is 29.7 Å². The SMILES string of the molecule is CC(C)Oc1ccc2c(CN)c[nH]c2c1. The zero-order valence-electron chi connectivity index (χ0n) is 9.08. The first-order chi connectivity index (χ1) is 7.20. The van der Waals surface area contributed by atoms with E-state index in [1.54, 1.807) is 0 Å². The van der Waals surface area contributed by atoms with Crippen molar-refractivity contribution in [3.05, 3.63) is 30.0 Å². The molecular formula is C12H16N2O. The van der Waals surface area contributed by atoms with Gasteiger partial charge in [-0.25, -0.2) is 0 Å². The Morgan fingerprint density at radius 3 is 2.87 bits per heavy atom. The minimum absolute atomic E-state index is 0.200. The highest BCUT2D eigenvalue weighted by Crippen LogP contribution is 2.23. The number of aromatic nitrogens is 1. The van der Waals surface area contributed by atoms with Crippen molar-refractivity contribution in [1.82, 2.24) is 4.98 Å². The standard InChI is InChI=1S/C12H16N2O/c1-8(2)15-10-3-4-11-9(6-13)7-14-12(11)5-10/h3-5,7-8,14H,6,13H2,1-2H3. The Labute approximate surface area is 89.2 Å². The van der Waals surface area contributed by atoms with E-state index in [1.165, 1.54) is 5.39 Å². The molecule has 0 unspecified atom stereocenters. The predicted octanol–water partition coefficient (Wildman–Crippen LogP) is 2.41. The zero-order valence-corrected chi connectivity index (χ0v) is 9.08. The number of aromatic amines is 1. The smallest absolute Gasteiger partial charge is 0.121 e. The second-order valence-corrected chi connectivity index (χ2v) is 3.89. The highest BCUT2D eigenvalue weighted by molar-refractivity contribution is 5.84. The average Bonchev–Trinajstić information content (AvgIpc) is 2.58. The van der Waals surface area contributed by atoms with Crippen LogP contribution in [0.15, 0.2) is 24.4 Å². The Morgan fingerprint density at radius 1 is 1.40 bits per heavy atom. The second-order valence-electron chi connectivity index (χ2n) is 3.89. The lowest BCUT2D eigenvalue weighted by Gasteiger charge is -2.09. The summed E-state index contributed by atoms with van der Waals surface area (Å²) >= 11 is 0. The van der Waals surface area contributed by atoms with Crippen LogP contribution in [-0.2, 0) is 6.54 Å². The summed E-state index contributed by atoms with van der Waals surface area (Å²) in [6, 6.07) is 6.04. The molecule has 0 atom stereocenters. The van der Waals surface area contributed by atoms with E-state index in [-0.39, 0.29) is 6.10 Å². The van der Waals surface area contributed by atoms with Gasteiger partial charge in [0.05, 0.1) is 6.10 Å². The van der Waals surface area contributed by atoms with E-state index in [9.17, 15) is 0 Å². The third-order valence-electron chi connectivity index (χ3n) is 2.33. The molecule has 3 N–H and O–H groups in total. The monoisotopic (exact) mass is 204 g/mol. The van der Waals surface area contributed by atoms with E-state index in [0.29, 0.717) is 6.54 Å². The molecule has 15 heavy (non-hydrogen) atoms. The molecule has 1 aromatic carbocycles. The number of benzene rings is 1. The van der Waals surface area contributed by atoms with Gasteiger partial charge < -0.3 is 15.5 Å². The number of hydrogen-bond donors (Lipinski definition) is 2. The minimum atomic E-state index is 0.200. The lowest BCUT2D eigenvalue weighted by Crippen LogP contribution is -2.05. The van der Waals surface area contributed by atoms with Gasteiger partial charge in [0.2, 0.25) is 0 Å². The van der Waals surface area contributed by atoms with Crippen LogP contribution in [0.1, 0.15) is 19.4 Å². The number of H-pyrrole nitrogens is 1. The number of fused-ring (bicyclic) bond motifs is 1. The Kier molecular flexibility index (Phi) is 2.64. The average molecular weight is 204 g/mol. The topological polar surface area (TPSA) is 51.0 Å². The molecule has 0 bridgehead atoms. The fourth-order valence-electron chi connectivity index (χ4n) is 1.68. The highest BCUT2D eigenvalue weighted by atomic mass is 16.5. The quantitative estimate of drug-likeness (QED) is 0.806. The van der Waals surface area contributed by atoms with Crippen LogP contribution in [0.5, 0.6) is 5.75 Å². The Hall–Kier alpha value is -1.48. The minimum Gasteiger partial charge on any atom is -0.491 e. The van der Waals surface area contributed by atoms with Crippen LogP contribution in [0.4, 0.5) is 0 Å². The first-order valence-electron chi connectivity index (χ1n) is 5.17. The molecule has 3 heteroatoms. The van der Waals surface area contributed by atoms with Crippen molar-refractivity contribution in [3.8, 4) is 5.75 Å². The van der Waals surface area contributed by atoms with E-state index < -0.39 is 0 Å². The van der Waals surface area contributed by atoms with E-state index in [2.05, 4.69) is 4.98 Å². The summed E-state index contributed by atoms with van der Waals surface area (Å²) in [6.45, 7) is 4.60. The normalized spacial score (nSPS) is 11.2. The molecule has 0 aliphatic carbocycles. The van der Waals surface area contributed by atoms with Crippen molar-refractivity contribution in [3.63, 3.8) is 0 Å². The second kappa shape index (κ2) is 3.95. The van der Waals surface area contributed by atoms with Crippen molar-refractivity contribution >= 4 is 10.9 Å². The number of nitrogens with two attached hydrogens (primary N) is 1. The van der Waals surface area contributed by atoms with Gasteiger partial charge >= 0.3 is 0 Å². The van der Waals surface area contributed by atoms with Gasteiger partial charge in [-0.2, -0.15) is 0 Å². The summed E-state index contributed by atoms with van der Waals surface area (Å²) in [6.07, 6.45) is 2.15. The summed E-state index contributed by atoms with van der Waals surface area (Å²) in [5.74, 6) is 0.892. The van der Waals surface area contributed by atoms with E-state index in [0.717, 1.165) is 16.8 Å². The summed E-state index contributed by atoms with van der Waals surface area (Å²) in [7, 11) is 0. The fraction of sp³-hybridized carbons (Fsp3) is 0.333. The molecule has 0 saturated heterocycles. The Morgan fingerprint density at radius 2 is 2.20 bits per heavy atom. The number of rotatable bonds is 3. The third kappa shape index (κ3) is 1.97. The predicted molar refractivity (Wildman–Crippen MR) is 62.0 cm³/mol. The molecule has 0 aliphatic heterocycles. The van der Waals surface area contributed by atoms with Gasteiger partial charge in [-0.15, -0.1) is 0 Å². The fourth-order valence-corrected chi connectivity index (χ4v) is 1.68. The van der Waals surface area contributed by atoms with Crippen LogP contribution in [0.2, 0.25) is 0 Å². The summed E-state index contributed by atoms with van der Waals surface area (Å²) in [4.78, 5) is 3.19. The van der Waals surface area contributed by atoms with Gasteiger partial charge in [-0.1, -0.05) is 0 Å². The molecule has 3 nitrogen and oxygen atoms in total. The van der Waals surface area contributed by atoms with E-state index in [1.807, 2.05) is 38.2 Å². The zero-order chi connectivity index (χ0) is 10.8. The van der Waals surface area contributed by atoms with Gasteiger partial charge in [-0.05, 0) is 31.5 Å². The van der Waals surface area contributed by atoms with Crippen molar-refractivity contribution in [2.75, 3.05) is 0 Å². The molecule has 0 fully saturated rings. The summed E-state index contributed by atoms with van der Waals surface area (Å²) in [5.41, 5.74) is 7.85. The first kappa shape index (κ1) is 10.1. The third-order valence-corrected chi connectivity index (χ3v) is 2.33. The molecule has 0 saturated carbocycles. The molecule has 80 valence electrons. The van der Waals surface area contributed by atoms with Crippen LogP contribution in [0.3, 0.4) is 0 Å². The molecular weight excluding hydrogens is 188 g/mol. The maximum atomic E-state index is 5.63. The van der Waals surface area contributed by atoms with Gasteiger partial charge in [0.15, 0.2) is 0 Å². The molecule has 1 heterocycles. The Bertz CT molecular complexity index is 460. The molecule has 0 radical (unpaired) electrons. The maximum Gasteiger partial charge on any atom is 0.121 e.